The topological polar surface area (TPSA) is 83.3 Å². The van der Waals surface area contributed by atoms with Crippen molar-refractivity contribution in [1.29, 1.82) is 0 Å². The molecule has 0 spiro atoms. The average molecular weight is 217 g/mol. The summed E-state index contributed by atoms with van der Waals surface area (Å²) in [5.41, 5.74) is -0.208. The Labute approximate surface area is 85.4 Å². The Kier molecular flexibility index (Phi) is 4.17. The van der Waals surface area contributed by atoms with Crippen LogP contribution in [0.5, 0.6) is 0 Å². The van der Waals surface area contributed by atoms with Crippen molar-refractivity contribution in [3.05, 3.63) is 39.9 Å². The molecule has 0 aliphatic carbocycles. The van der Waals surface area contributed by atoms with E-state index >= 15 is 0 Å². The molecule has 67 valence electrons. The zero-order valence-electron chi connectivity index (χ0n) is 6.34. The molecule has 0 aromatic heterocycles. The third-order valence-electron chi connectivity index (χ3n) is 1.31. The van der Waals surface area contributed by atoms with Crippen molar-refractivity contribution in [3.63, 3.8) is 0 Å². The summed E-state index contributed by atoms with van der Waals surface area (Å²) in [6.07, 6.45) is 0. The summed E-state index contributed by atoms with van der Waals surface area (Å²) >= 11 is 0. The Morgan fingerprint density at radius 2 is 1.69 bits per heavy atom. The van der Waals surface area contributed by atoms with Gasteiger partial charge in [-0.25, -0.2) is 0 Å². The molecular weight excluding hydrogens is 213 g/mol. The Hall–Kier alpha value is -1.33. The number of nitrogens with zero attached hydrogens (tertiary/aromatic N) is 1. The van der Waals surface area contributed by atoms with Crippen molar-refractivity contribution < 1.29 is 33.4 Å². The molecular formula is C7H4NO4V-. The summed E-state index contributed by atoms with van der Waals surface area (Å²) in [5, 5.41) is 20.3. The first-order valence-corrected chi connectivity index (χ1v) is 3.07. The van der Waals surface area contributed by atoms with Crippen molar-refractivity contribution in [2.75, 3.05) is 0 Å². The van der Waals surface area contributed by atoms with Crippen LogP contribution in [0.4, 0.5) is 5.69 Å². The number of carboxylic acids is 1. The fraction of sp³-hybridized carbons (Fsp3) is 0. The molecule has 0 saturated heterocycles. The standard InChI is InChI=1S/C7H5NO4.V/c9-7(10)5-1-3-6(4-2-5)8(11)12;/h1-4H,(H,9,10);/p-1. The van der Waals surface area contributed by atoms with Gasteiger partial charge in [-0.15, -0.1) is 0 Å². The summed E-state index contributed by atoms with van der Waals surface area (Å²) < 4.78 is 0. The van der Waals surface area contributed by atoms with Crippen molar-refractivity contribution in [1.82, 2.24) is 0 Å². The van der Waals surface area contributed by atoms with Crippen LogP contribution in [0.2, 0.25) is 0 Å². The third kappa shape index (κ3) is 2.89. The van der Waals surface area contributed by atoms with Gasteiger partial charge in [0.05, 0.1) is 10.9 Å². The van der Waals surface area contributed by atoms with Crippen molar-refractivity contribution in [3.8, 4) is 0 Å². The molecule has 0 unspecified atom stereocenters. The summed E-state index contributed by atoms with van der Waals surface area (Å²) in [7, 11) is 0. The Morgan fingerprint density at radius 3 is 2.00 bits per heavy atom. The van der Waals surface area contributed by atoms with Gasteiger partial charge in [0, 0.05) is 30.7 Å². The fourth-order valence-corrected chi connectivity index (χ4v) is 0.719. The summed E-state index contributed by atoms with van der Waals surface area (Å²) in [4.78, 5) is 19.7. The number of non-ortho nitro benzene ring substituents is 1. The largest absolute Gasteiger partial charge is 0.545 e. The van der Waals surface area contributed by atoms with Crippen LogP contribution in [0.1, 0.15) is 10.4 Å². The van der Waals surface area contributed by atoms with Gasteiger partial charge in [-0.3, -0.25) is 10.1 Å². The second kappa shape index (κ2) is 4.64. The summed E-state index contributed by atoms with van der Waals surface area (Å²) in [6.45, 7) is 0. The van der Waals surface area contributed by atoms with Crippen molar-refractivity contribution in [2.45, 2.75) is 0 Å². The molecule has 0 N–H and O–H groups in total. The molecule has 0 aliphatic heterocycles. The quantitative estimate of drug-likeness (QED) is 0.513. The summed E-state index contributed by atoms with van der Waals surface area (Å²) in [6, 6.07) is 4.50. The van der Waals surface area contributed by atoms with Gasteiger partial charge < -0.3 is 9.90 Å². The second-order valence-corrected chi connectivity index (χ2v) is 2.09. The number of carbonyl (C=O) groups excluding carboxylic acids is 1. The first-order valence-electron chi connectivity index (χ1n) is 3.07. The van der Waals surface area contributed by atoms with Gasteiger partial charge in [0.2, 0.25) is 0 Å². The van der Waals surface area contributed by atoms with Gasteiger partial charge in [0.25, 0.3) is 5.69 Å². The van der Waals surface area contributed by atoms with Gasteiger partial charge >= 0.3 is 0 Å². The van der Waals surface area contributed by atoms with Gasteiger partial charge in [-0.05, 0) is 17.7 Å². The van der Waals surface area contributed by atoms with Gasteiger partial charge in [-0.2, -0.15) is 0 Å². The first-order chi connectivity index (χ1) is 5.61. The van der Waals surface area contributed by atoms with E-state index in [1.54, 1.807) is 0 Å². The molecule has 6 heteroatoms. The van der Waals surface area contributed by atoms with E-state index < -0.39 is 10.9 Å². The minimum Gasteiger partial charge on any atom is -0.545 e. The van der Waals surface area contributed by atoms with Gasteiger partial charge in [-0.1, -0.05) is 0 Å². The van der Waals surface area contributed by atoms with E-state index in [0.29, 0.717) is 0 Å². The molecule has 1 aromatic rings. The van der Waals surface area contributed by atoms with Crippen LogP contribution in [-0.4, -0.2) is 10.9 Å². The molecule has 0 fully saturated rings. The number of carboxylic acid groups (broad SMARTS) is 1. The second-order valence-electron chi connectivity index (χ2n) is 2.09. The number of nitro groups is 1. The Bertz CT molecular complexity index is 289. The molecule has 0 atom stereocenters. The van der Waals surface area contributed by atoms with E-state index in [2.05, 4.69) is 0 Å². The molecule has 0 heterocycles. The average Bonchev–Trinajstić information content (AvgIpc) is 2.04. The van der Waals surface area contributed by atoms with Crippen molar-refractivity contribution >= 4 is 11.7 Å². The minimum atomic E-state index is -1.34. The fourth-order valence-electron chi connectivity index (χ4n) is 0.719. The first kappa shape index (κ1) is 11.7. The van der Waals surface area contributed by atoms with E-state index in [1.807, 2.05) is 0 Å². The predicted molar refractivity (Wildman–Crippen MR) is 37.4 cm³/mol. The molecule has 1 rings (SSSR count). The SMILES string of the molecule is O=C([O-])c1ccc([N+](=O)[O-])cc1.[V]. The van der Waals surface area contributed by atoms with Crippen LogP contribution in [0.3, 0.4) is 0 Å². The van der Waals surface area contributed by atoms with Gasteiger partial charge in [0.1, 0.15) is 0 Å². The van der Waals surface area contributed by atoms with Crippen molar-refractivity contribution in [2.24, 2.45) is 0 Å². The molecule has 1 radical (unpaired) electrons. The van der Waals surface area contributed by atoms with E-state index in [9.17, 15) is 20.0 Å². The van der Waals surface area contributed by atoms with Crippen LogP contribution >= 0.6 is 0 Å². The molecule has 1 aromatic carbocycles. The molecule has 0 aliphatic rings. The number of carbonyl (C=O) groups is 1. The van der Waals surface area contributed by atoms with Crippen LogP contribution in [0, 0.1) is 10.1 Å². The Morgan fingerprint density at radius 1 is 1.23 bits per heavy atom. The number of nitro benzene ring substituents is 1. The van der Waals surface area contributed by atoms with Crippen LogP contribution in [-0.2, 0) is 18.6 Å². The van der Waals surface area contributed by atoms with E-state index in [4.69, 9.17) is 0 Å². The monoisotopic (exact) mass is 217 g/mol. The number of aromatic carboxylic acids is 1. The molecule has 0 amide bonds. The van der Waals surface area contributed by atoms with E-state index in [-0.39, 0.29) is 29.8 Å². The van der Waals surface area contributed by atoms with Gasteiger partial charge in [0.15, 0.2) is 0 Å². The number of benzene rings is 1. The number of rotatable bonds is 2. The predicted octanol–water partition coefficient (Wildman–Crippen LogP) is -0.0442. The molecule has 13 heavy (non-hydrogen) atoms. The van der Waals surface area contributed by atoms with Crippen LogP contribution in [0.15, 0.2) is 24.3 Å². The van der Waals surface area contributed by atoms with E-state index in [1.165, 1.54) is 0 Å². The third-order valence-corrected chi connectivity index (χ3v) is 1.31. The maximum atomic E-state index is 10.2. The molecule has 0 saturated carbocycles. The number of hydrogen-bond acceptors (Lipinski definition) is 4. The zero-order chi connectivity index (χ0) is 9.14. The van der Waals surface area contributed by atoms with Crippen LogP contribution in [0.25, 0.3) is 0 Å². The summed E-state index contributed by atoms with van der Waals surface area (Å²) in [5.74, 6) is -1.34. The maximum absolute atomic E-state index is 10.2. The zero-order valence-corrected chi connectivity index (χ0v) is 7.73. The normalized spacial score (nSPS) is 8.62. The van der Waals surface area contributed by atoms with Crippen LogP contribution < -0.4 is 5.11 Å². The number of hydrogen-bond donors (Lipinski definition) is 0. The Balaban J connectivity index is 0.00000144. The molecule has 0 bridgehead atoms. The minimum absolute atomic E-state index is 0. The maximum Gasteiger partial charge on any atom is 0.269 e. The molecule has 5 nitrogen and oxygen atoms in total. The smallest absolute Gasteiger partial charge is 0.269 e. The van der Waals surface area contributed by atoms with E-state index in [0.717, 1.165) is 24.3 Å².